The van der Waals surface area contributed by atoms with Gasteiger partial charge >= 0.3 is 0 Å². The van der Waals surface area contributed by atoms with E-state index in [-0.39, 0.29) is 5.91 Å². The van der Waals surface area contributed by atoms with Gasteiger partial charge in [-0.25, -0.2) is 4.98 Å². The van der Waals surface area contributed by atoms with Crippen LogP contribution in [-0.2, 0) is 0 Å². The van der Waals surface area contributed by atoms with Crippen LogP contribution in [0.3, 0.4) is 0 Å². The quantitative estimate of drug-likeness (QED) is 0.720. The maximum Gasteiger partial charge on any atom is 0.281 e. The van der Waals surface area contributed by atoms with Crippen LogP contribution in [0.15, 0.2) is 60.8 Å². The Labute approximate surface area is 143 Å². The van der Waals surface area contributed by atoms with E-state index in [0.717, 1.165) is 16.3 Å². The first-order chi connectivity index (χ1) is 11.1. The number of thiazole rings is 1. The molecule has 0 aliphatic carbocycles. The van der Waals surface area contributed by atoms with E-state index in [9.17, 15) is 4.79 Å². The minimum atomic E-state index is -0.202. The van der Waals surface area contributed by atoms with Gasteiger partial charge in [-0.2, -0.15) is 0 Å². The van der Waals surface area contributed by atoms with Gasteiger partial charge in [0.15, 0.2) is 0 Å². The lowest BCUT2D eigenvalue weighted by Crippen LogP contribution is -2.38. The van der Waals surface area contributed by atoms with Crippen molar-refractivity contribution in [2.24, 2.45) is 0 Å². The summed E-state index contributed by atoms with van der Waals surface area (Å²) in [5.74, 6) is -0.202. The number of benzene rings is 2. The zero-order valence-electron chi connectivity index (χ0n) is 12.4. The van der Waals surface area contributed by atoms with Crippen LogP contribution in [0.1, 0.15) is 9.67 Å². The maximum absolute atomic E-state index is 12.3. The summed E-state index contributed by atoms with van der Waals surface area (Å²) in [6, 6.07) is 17.1. The summed E-state index contributed by atoms with van der Waals surface area (Å²) < 4.78 is 0. The Morgan fingerprint density at radius 1 is 1.13 bits per heavy atom. The van der Waals surface area contributed by atoms with Crippen LogP contribution < -0.4 is 10.4 Å². The van der Waals surface area contributed by atoms with Gasteiger partial charge in [0, 0.05) is 12.6 Å². The van der Waals surface area contributed by atoms with Gasteiger partial charge in [0.1, 0.15) is 9.88 Å². The minimum absolute atomic E-state index is 0.202. The van der Waals surface area contributed by atoms with Crippen LogP contribution in [-0.4, -0.2) is 17.9 Å². The zero-order valence-corrected chi connectivity index (χ0v) is 13.9. The zero-order chi connectivity index (χ0) is 16.2. The highest BCUT2D eigenvalue weighted by molar-refractivity contribution is 7.17. The molecule has 3 aromatic rings. The SMILES string of the molecule is CN(NC(=O)c1cnc(-c2ccccc2Cl)s1)c1ccccc1. The third-order valence-corrected chi connectivity index (χ3v) is 4.61. The van der Waals surface area contributed by atoms with Gasteiger partial charge in [0.2, 0.25) is 0 Å². The number of aromatic nitrogens is 1. The summed E-state index contributed by atoms with van der Waals surface area (Å²) in [6.07, 6.45) is 1.57. The van der Waals surface area contributed by atoms with E-state index in [1.807, 2.05) is 48.5 Å². The van der Waals surface area contributed by atoms with Crippen molar-refractivity contribution < 1.29 is 4.79 Å². The van der Waals surface area contributed by atoms with E-state index in [1.165, 1.54) is 11.3 Å². The van der Waals surface area contributed by atoms with Crippen molar-refractivity contribution in [1.29, 1.82) is 0 Å². The molecule has 1 heterocycles. The second-order valence-corrected chi connectivity index (χ2v) is 6.28. The van der Waals surface area contributed by atoms with E-state index in [0.29, 0.717) is 9.90 Å². The number of para-hydroxylation sites is 1. The van der Waals surface area contributed by atoms with E-state index in [4.69, 9.17) is 11.6 Å². The number of amides is 1. The fourth-order valence-electron chi connectivity index (χ4n) is 2.06. The smallest absolute Gasteiger partial charge is 0.281 e. The van der Waals surface area contributed by atoms with Crippen molar-refractivity contribution in [3.05, 3.63) is 70.7 Å². The third kappa shape index (κ3) is 3.52. The monoisotopic (exact) mass is 343 g/mol. The molecule has 2 aromatic carbocycles. The molecule has 116 valence electrons. The molecule has 0 saturated heterocycles. The van der Waals surface area contributed by atoms with Gasteiger partial charge in [-0.15, -0.1) is 11.3 Å². The first kappa shape index (κ1) is 15.5. The molecule has 0 atom stereocenters. The molecule has 1 N–H and O–H groups in total. The number of nitrogens with one attached hydrogen (secondary N) is 1. The summed E-state index contributed by atoms with van der Waals surface area (Å²) in [4.78, 5) is 17.2. The number of hydrogen-bond acceptors (Lipinski definition) is 4. The molecule has 4 nitrogen and oxygen atoms in total. The number of rotatable bonds is 4. The number of carbonyl (C=O) groups is 1. The Kier molecular flexibility index (Phi) is 4.60. The number of nitrogens with zero attached hydrogens (tertiary/aromatic N) is 2. The fourth-order valence-corrected chi connectivity index (χ4v) is 3.19. The third-order valence-electron chi connectivity index (χ3n) is 3.25. The summed E-state index contributed by atoms with van der Waals surface area (Å²) >= 11 is 7.48. The van der Waals surface area contributed by atoms with Gasteiger partial charge in [-0.05, 0) is 18.2 Å². The molecule has 23 heavy (non-hydrogen) atoms. The van der Waals surface area contributed by atoms with Crippen LogP contribution in [0.5, 0.6) is 0 Å². The second kappa shape index (κ2) is 6.81. The molecule has 0 radical (unpaired) electrons. The standard InChI is InChI=1S/C17H14ClN3OS/c1-21(12-7-3-2-4-8-12)20-16(22)15-11-19-17(23-15)13-9-5-6-10-14(13)18/h2-11H,1H3,(H,20,22). The predicted molar refractivity (Wildman–Crippen MR) is 94.9 cm³/mol. The van der Waals surface area contributed by atoms with Crippen LogP contribution in [0, 0.1) is 0 Å². The summed E-state index contributed by atoms with van der Waals surface area (Å²) in [7, 11) is 1.79. The average molecular weight is 344 g/mol. The second-order valence-electron chi connectivity index (χ2n) is 4.85. The van der Waals surface area contributed by atoms with E-state index in [1.54, 1.807) is 24.3 Å². The Hall–Kier alpha value is -2.37. The van der Waals surface area contributed by atoms with Gasteiger partial charge in [0.25, 0.3) is 5.91 Å². The van der Waals surface area contributed by atoms with E-state index < -0.39 is 0 Å². The van der Waals surface area contributed by atoms with Crippen molar-refractivity contribution in [2.45, 2.75) is 0 Å². The van der Waals surface area contributed by atoms with Crippen LogP contribution in [0.4, 0.5) is 5.69 Å². The normalized spacial score (nSPS) is 10.3. The molecule has 0 unspecified atom stereocenters. The highest BCUT2D eigenvalue weighted by atomic mass is 35.5. The summed E-state index contributed by atoms with van der Waals surface area (Å²) in [5, 5.41) is 3.02. The Balaban J connectivity index is 1.75. The molecule has 0 spiro atoms. The first-order valence-corrected chi connectivity index (χ1v) is 8.15. The van der Waals surface area contributed by atoms with Gasteiger partial charge < -0.3 is 0 Å². The largest absolute Gasteiger partial charge is 0.288 e. The molecule has 0 aliphatic rings. The number of carbonyl (C=O) groups excluding carboxylic acids is 1. The predicted octanol–water partition coefficient (Wildman–Crippen LogP) is 4.24. The van der Waals surface area contributed by atoms with Gasteiger partial charge in [-0.3, -0.25) is 15.2 Å². The van der Waals surface area contributed by atoms with Crippen molar-refractivity contribution in [1.82, 2.24) is 10.4 Å². The molecule has 6 heteroatoms. The van der Waals surface area contributed by atoms with Crippen LogP contribution >= 0.6 is 22.9 Å². The van der Waals surface area contributed by atoms with Gasteiger partial charge in [0.05, 0.1) is 16.9 Å². The van der Waals surface area contributed by atoms with Crippen molar-refractivity contribution in [3.8, 4) is 10.6 Å². The van der Waals surface area contributed by atoms with Gasteiger partial charge in [-0.1, -0.05) is 48.0 Å². The molecular weight excluding hydrogens is 330 g/mol. The number of hydrazine groups is 1. The fraction of sp³-hybridized carbons (Fsp3) is 0.0588. The van der Waals surface area contributed by atoms with Crippen molar-refractivity contribution >= 4 is 34.5 Å². The van der Waals surface area contributed by atoms with Crippen molar-refractivity contribution in [3.63, 3.8) is 0 Å². The Morgan fingerprint density at radius 2 is 1.83 bits per heavy atom. The van der Waals surface area contributed by atoms with E-state index in [2.05, 4.69) is 10.4 Å². The highest BCUT2D eigenvalue weighted by Gasteiger charge is 2.14. The average Bonchev–Trinajstić information content (AvgIpc) is 3.06. The topological polar surface area (TPSA) is 45.2 Å². The van der Waals surface area contributed by atoms with Crippen LogP contribution in [0.2, 0.25) is 5.02 Å². The Bertz CT molecular complexity index is 819. The number of halogens is 1. The van der Waals surface area contributed by atoms with Crippen LogP contribution in [0.25, 0.3) is 10.6 Å². The highest BCUT2D eigenvalue weighted by Crippen LogP contribution is 2.30. The molecule has 3 rings (SSSR count). The molecule has 1 aromatic heterocycles. The Morgan fingerprint density at radius 3 is 2.57 bits per heavy atom. The van der Waals surface area contributed by atoms with E-state index >= 15 is 0 Å². The molecular formula is C17H14ClN3OS. The molecule has 0 aliphatic heterocycles. The van der Waals surface area contributed by atoms with Crippen molar-refractivity contribution in [2.75, 3.05) is 12.1 Å². The summed E-state index contributed by atoms with van der Waals surface area (Å²) in [6.45, 7) is 0. The minimum Gasteiger partial charge on any atom is -0.288 e. The number of anilines is 1. The molecule has 0 bridgehead atoms. The molecule has 0 saturated carbocycles. The number of hydrogen-bond donors (Lipinski definition) is 1. The lowest BCUT2D eigenvalue weighted by atomic mass is 10.2. The lowest BCUT2D eigenvalue weighted by molar-refractivity contribution is 0.0955. The molecule has 0 fully saturated rings. The first-order valence-electron chi connectivity index (χ1n) is 6.95. The lowest BCUT2D eigenvalue weighted by Gasteiger charge is -2.19. The summed E-state index contributed by atoms with van der Waals surface area (Å²) in [5.41, 5.74) is 4.55. The molecule has 1 amide bonds. The maximum atomic E-state index is 12.3.